The minimum Gasteiger partial charge on any atom is -0.496 e. The molecule has 28 heavy (non-hydrogen) atoms. The predicted octanol–water partition coefficient (Wildman–Crippen LogP) is 3.06. The molecule has 2 amide bonds. The van der Waals surface area contributed by atoms with Crippen molar-refractivity contribution in [2.45, 2.75) is 19.8 Å². The standard InChI is InChI=1S/C22H25FN2O3/c1-16-3-7-18(15-20(16)28-2)22(27)25-13-11-24(12-14-25)21(26)10-6-17-4-8-19(23)9-5-17/h3-5,7-9,15H,6,10-14H2,1-2H3. The van der Waals surface area contributed by atoms with E-state index in [1.807, 2.05) is 13.0 Å². The fourth-order valence-electron chi connectivity index (χ4n) is 3.36. The van der Waals surface area contributed by atoms with Crippen LogP contribution >= 0.6 is 0 Å². The van der Waals surface area contributed by atoms with E-state index in [1.165, 1.54) is 12.1 Å². The van der Waals surface area contributed by atoms with Gasteiger partial charge in [-0.15, -0.1) is 0 Å². The number of nitrogens with zero attached hydrogens (tertiary/aromatic N) is 2. The van der Waals surface area contributed by atoms with Crippen molar-refractivity contribution in [3.8, 4) is 5.75 Å². The van der Waals surface area contributed by atoms with Crippen LogP contribution in [0.5, 0.6) is 5.75 Å². The molecule has 0 N–H and O–H groups in total. The van der Waals surface area contributed by atoms with Crippen LogP contribution in [0.4, 0.5) is 4.39 Å². The van der Waals surface area contributed by atoms with Crippen LogP contribution in [0.3, 0.4) is 0 Å². The van der Waals surface area contributed by atoms with E-state index in [-0.39, 0.29) is 17.6 Å². The quantitative estimate of drug-likeness (QED) is 0.796. The highest BCUT2D eigenvalue weighted by molar-refractivity contribution is 5.95. The molecule has 0 atom stereocenters. The Bertz CT molecular complexity index is 843. The summed E-state index contributed by atoms with van der Waals surface area (Å²) in [5.41, 5.74) is 2.52. The summed E-state index contributed by atoms with van der Waals surface area (Å²) < 4.78 is 18.2. The molecule has 1 saturated heterocycles. The van der Waals surface area contributed by atoms with E-state index in [0.717, 1.165) is 11.1 Å². The summed E-state index contributed by atoms with van der Waals surface area (Å²) in [6.07, 6.45) is 0.968. The van der Waals surface area contributed by atoms with Gasteiger partial charge in [0.1, 0.15) is 11.6 Å². The van der Waals surface area contributed by atoms with E-state index >= 15 is 0 Å². The van der Waals surface area contributed by atoms with Crippen LogP contribution in [0.25, 0.3) is 0 Å². The monoisotopic (exact) mass is 384 g/mol. The number of methoxy groups -OCH3 is 1. The lowest BCUT2D eigenvalue weighted by Gasteiger charge is -2.35. The van der Waals surface area contributed by atoms with E-state index in [1.54, 1.807) is 41.2 Å². The molecule has 1 heterocycles. The van der Waals surface area contributed by atoms with Gasteiger partial charge in [-0.1, -0.05) is 18.2 Å². The summed E-state index contributed by atoms with van der Waals surface area (Å²) in [6.45, 7) is 4.01. The number of hydrogen-bond acceptors (Lipinski definition) is 3. The molecule has 1 aliphatic rings. The lowest BCUT2D eigenvalue weighted by atomic mass is 10.1. The summed E-state index contributed by atoms with van der Waals surface area (Å²) in [5.74, 6) is 0.438. The van der Waals surface area contributed by atoms with E-state index in [2.05, 4.69) is 0 Å². The van der Waals surface area contributed by atoms with Gasteiger partial charge < -0.3 is 14.5 Å². The van der Waals surface area contributed by atoms with Gasteiger partial charge >= 0.3 is 0 Å². The van der Waals surface area contributed by atoms with Crippen LogP contribution < -0.4 is 4.74 Å². The number of amides is 2. The van der Waals surface area contributed by atoms with Crippen molar-refractivity contribution >= 4 is 11.8 Å². The third kappa shape index (κ3) is 4.68. The van der Waals surface area contributed by atoms with Gasteiger partial charge in [0, 0.05) is 38.2 Å². The molecule has 6 heteroatoms. The lowest BCUT2D eigenvalue weighted by molar-refractivity contribution is -0.132. The first kappa shape index (κ1) is 19.9. The normalized spacial score (nSPS) is 14.1. The molecule has 1 aliphatic heterocycles. The van der Waals surface area contributed by atoms with Gasteiger partial charge in [0.2, 0.25) is 5.91 Å². The Morgan fingerprint density at radius 3 is 2.29 bits per heavy atom. The molecular weight excluding hydrogens is 359 g/mol. The van der Waals surface area contributed by atoms with E-state index in [9.17, 15) is 14.0 Å². The van der Waals surface area contributed by atoms with Crippen LogP contribution in [0.1, 0.15) is 27.9 Å². The summed E-state index contributed by atoms with van der Waals surface area (Å²) in [5, 5.41) is 0. The highest BCUT2D eigenvalue weighted by Crippen LogP contribution is 2.20. The minimum absolute atomic E-state index is 0.0447. The predicted molar refractivity (Wildman–Crippen MR) is 105 cm³/mol. The largest absolute Gasteiger partial charge is 0.496 e. The van der Waals surface area contributed by atoms with Crippen molar-refractivity contribution in [1.82, 2.24) is 9.80 Å². The van der Waals surface area contributed by atoms with Crippen LogP contribution in [0, 0.1) is 12.7 Å². The van der Waals surface area contributed by atoms with E-state index in [0.29, 0.717) is 50.3 Å². The van der Waals surface area contributed by atoms with Gasteiger partial charge in [0.05, 0.1) is 7.11 Å². The maximum Gasteiger partial charge on any atom is 0.254 e. The number of ether oxygens (including phenoxy) is 1. The van der Waals surface area contributed by atoms with Crippen molar-refractivity contribution in [2.24, 2.45) is 0 Å². The van der Waals surface area contributed by atoms with Gasteiger partial charge in [-0.2, -0.15) is 0 Å². The smallest absolute Gasteiger partial charge is 0.254 e. The zero-order valence-electron chi connectivity index (χ0n) is 16.3. The molecule has 1 fully saturated rings. The molecule has 0 saturated carbocycles. The number of carbonyl (C=O) groups is 2. The number of benzene rings is 2. The molecule has 5 nitrogen and oxygen atoms in total. The second-order valence-corrected chi connectivity index (χ2v) is 6.98. The Labute approximate surface area is 164 Å². The highest BCUT2D eigenvalue weighted by Gasteiger charge is 2.25. The Morgan fingerprint density at radius 2 is 1.64 bits per heavy atom. The Morgan fingerprint density at radius 1 is 1.00 bits per heavy atom. The first-order valence-corrected chi connectivity index (χ1v) is 9.44. The van der Waals surface area contributed by atoms with Crippen molar-refractivity contribution in [3.05, 3.63) is 65.0 Å². The SMILES string of the molecule is COc1cc(C(=O)N2CCN(C(=O)CCc3ccc(F)cc3)CC2)ccc1C. The number of hydrogen-bond donors (Lipinski definition) is 0. The first-order valence-electron chi connectivity index (χ1n) is 9.44. The van der Waals surface area contributed by atoms with Gasteiger partial charge in [-0.05, 0) is 48.7 Å². The van der Waals surface area contributed by atoms with Crippen molar-refractivity contribution in [3.63, 3.8) is 0 Å². The second kappa shape index (κ2) is 8.87. The summed E-state index contributed by atoms with van der Waals surface area (Å²) in [4.78, 5) is 28.7. The average molecular weight is 384 g/mol. The number of carbonyl (C=O) groups excluding carboxylic acids is 2. The van der Waals surface area contributed by atoms with Gasteiger partial charge in [-0.3, -0.25) is 9.59 Å². The molecule has 0 aromatic heterocycles. The van der Waals surface area contributed by atoms with Gasteiger partial charge in [0.25, 0.3) is 5.91 Å². The van der Waals surface area contributed by atoms with Gasteiger partial charge in [-0.25, -0.2) is 4.39 Å². The third-order valence-electron chi connectivity index (χ3n) is 5.12. The zero-order valence-corrected chi connectivity index (χ0v) is 16.3. The molecule has 0 radical (unpaired) electrons. The molecule has 0 bridgehead atoms. The molecule has 0 spiro atoms. The van der Waals surface area contributed by atoms with Crippen LogP contribution in [0.2, 0.25) is 0 Å². The molecule has 2 aromatic carbocycles. The molecule has 0 unspecified atom stereocenters. The molecular formula is C22H25FN2O3. The second-order valence-electron chi connectivity index (χ2n) is 6.98. The lowest BCUT2D eigenvalue weighted by Crippen LogP contribution is -2.50. The zero-order chi connectivity index (χ0) is 20.1. The summed E-state index contributed by atoms with van der Waals surface area (Å²) in [7, 11) is 1.59. The number of aryl methyl sites for hydroxylation is 2. The van der Waals surface area contributed by atoms with E-state index < -0.39 is 0 Å². The fourth-order valence-corrected chi connectivity index (χ4v) is 3.36. The number of halogens is 1. The summed E-state index contributed by atoms with van der Waals surface area (Å²) in [6, 6.07) is 11.7. The maximum absolute atomic E-state index is 12.9. The highest BCUT2D eigenvalue weighted by atomic mass is 19.1. The Hall–Kier alpha value is -2.89. The first-order chi connectivity index (χ1) is 13.5. The Balaban J connectivity index is 1.51. The molecule has 0 aliphatic carbocycles. The van der Waals surface area contributed by atoms with Gasteiger partial charge in [0.15, 0.2) is 0 Å². The Kier molecular flexibility index (Phi) is 6.29. The molecule has 3 rings (SSSR count). The topological polar surface area (TPSA) is 49.9 Å². The van der Waals surface area contributed by atoms with Crippen LogP contribution in [-0.4, -0.2) is 54.9 Å². The average Bonchev–Trinajstić information content (AvgIpc) is 2.73. The molecule has 148 valence electrons. The fraction of sp³-hybridized carbons (Fsp3) is 0.364. The van der Waals surface area contributed by atoms with Crippen molar-refractivity contribution in [2.75, 3.05) is 33.3 Å². The summed E-state index contributed by atoms with van der Waals surface area (Å²) >= 11 is 0. The van der Waals surface area contributed by atoms with Crippen molar-refractivity contribution in [1.29, 1.82) is 0 Å². The van der Waals surface area contributed by atoms with E-state index in [4.69, 9.17) is 4.74 Å². The third-order valence-corrected chi connectivity index (χ3v) is 5.12. The number of rotatable bonds is 5. The maximum atomic E-state index is 12.9. The van der Waals surface area contributed by atoms with Crippen LogP contribution in [-0.2, 0) is 11.2 Å². The molecule has 2 aromatic rings. The number of piperazine rings is 1. The van der Waals surface area contributed by atoms with Crippen molar-refractivity contribution < 1.29 is 18.7 Å². The minimum atomic E-state index is -0.276. The van der Waals surface area contributed by atoms with Crippen LogP contribution in [0.15, 0.2) is 42.5 Å².